The Hall–Kier alpha value is -1.32. The number of thiophene rings is 1. The average Bonchev–Trinajstić information content (AvgIpc) is 2.94. The van der Waals surface area contributed by atoms with Crippen LogP contribution in [0.1, 0.15) is 35.4 Å². The van der Waals surface area contributed by atoms with Crippen LogP contribution in [0.2, 0.25) is 0 Å². The van der Waals surface area contributed by atoms with Gasteiger partial charge in [-0.05, 0) is 54.6 Å². The van der Waals surface area contributed by atoms with E-state index >= 15 is 0 Å². The Balaban J connectivity index is 2.32. The van der Waals surface area contributed by atoms with E-state index in [9.17, 15) is 0 Å². The van der Waals surface area contributed by atoms with E-state index in [-0.39, 0.29) is 6.04 Å². The zero-order valence-electron chi connectivity index (χ0n) is 11.8. The van der Waals surface area contributed by atoms with Gasteiger partial charge in [0.2, 0.25) is 0 Å². The lowest BCUT2D eigenvalue weighted by Crippen LogP contribution is -2.23. The van der Waals surface area contributed by atoms with Crippen LogP contribution in [0.15, 0.2) is 35.7 Å². The minimum Gasteiger partial charge on any atom is -0.497 e. The van der Waals surface area contributed by atoms with Gasteiger partial charge in [0.25, 0.3) is 0 Å². The molecule has 2 nitrogen and oxygen atoms in total. The summed E-state index contributed by atoms with van der Waals surface area (Å²) in [5.41, 5.74) is 2.60. The molecule has 0 spiro atoms. The van der Waals surface area contributed by atoms with E-state index in [1.165, 1.54) is 16.0 Å². The first-order chi connectivity index (χ1) is 9.26. The minimum absolute atomic E-state index is 0.283. The second-order valence-corrected chi connectivity index (χ2v) is 5.60. The van der Waals surface area contributed by atoms with Gasteiger partial charge in [0.1, 0.15) is 5.75 Å². The van der Waals surface area contributed by atoms with Gasteiger partial charge in [-0.2, -0.15) is 0 Å². The Labute approximate surface area is 119 Å². The minimum atomic E-state index is 0.283. The van der Waals surface area contributed by atoms with Gasteiger partial charge in [-0.3, -0.25) is 0 Å². The molecule has 2 aromatic rings. The van der Waals surface area contributed by atoms with Gasteiger partial charge in [-0.25, -0.2) is 0 Å². The predicted octanol–water partition coefficient (Wildman–Crippen LogP) is 4.15. The molecule has 1 aromatic carbocycles. The predicted molar refractivity (Wildman–Crippen MR) is 82.2 cm³/mol. The molecule has 102 valence electrons. The van der Waals surface area contributed by atoms with Crippen molar-refractivity contribution in [3.05, 3.63) is 51.7 Å². The van der Waals surface area contributed by atoms with Crippen LogP contribution in [0.4, 0.5) is 0 Å². The number of benzene rings is 1. The second kappa shape index (κ2) is 6.73. The van der Waals surface area contributed by atoms with Crippen LogP contribution in [-0.2, 0) is 0 Å². The number of hydrogen-bond donors (Lipinski definition) is 1. The Morgan fingerprint density at radius 3 is 2.74 bits per heavy atom. The molecular formula is C16H21NOS. The third kappa shape index (κ3) is 3.37. The molecule has 0 aliphatic rings. The molecule has 0 radical (unpaired) electrons. The van der Waals surface area contributed by atoms with Crippen molar-refractivity contribution in [3.8, 4) is 5.75 Å². The Morgan fingerprint density at radius 2 is 2.16 bits per heavy atom. The maximum Gasteiger partial charge on any atom is 0.119 e. The first-order valence-electron chi connectivity index (χ1n) is 6.67. The van der Waals surface area contributed by atoms with E-state index in [1.807, 2.05) is 6.07 Å². The highest BCUT2D eigenvalue weighted by atomic mass is 32.1. The molecule has 0 amide bonds. The van der Waals surface area contributed by atoms with E-state index in [0.717, 1.165) is 18.7 Å². The molecule has 0 saturated carbocycles. The molecule has 19 heavy (non-hydrogen) atoms. The molecule has 2 rings (SSSR count). The highest BCUT2D eigenvalue weighted by Gasteiger charge is 2.16. The highest BCUT2D eigenvalue weighted by Crippen LogP contribution is 2.30. The summed E-state index contributed by atoms with van der Waals surface area (Å²) in [7, 11) is 1.71. The summed E-state index contributed by atoms with van der Waals surface area (Å²) in [6.07, 6.45) is 1.14. The SMILES string of the molecule is CCCNC(c1cccs1)c1ccc(OC)cc1C. The van der Waals surface area contributed by atoms with Gasteiger partial charge in [-0.15, -0.1) is 11.3 Å². The number of methoxy groups -OCH3 is 1. The van der Waals surface area contributed by atoms with E-state index < -0.39 is 0 Å². The van der Waals surface area contributed by atoms with Gasteiger partial charge in [0, 0.05) is 4.88 Å². The standard InChI is InChI=1S/C16H21NOS/c1-4-9-17-16(15-6-5-10-19-15)14-8-7-13(18-3)11-12(14)2/h5-8,10-11,16-17H,4,9H2,1-3H3. The molecule has 0 aliphatic heterocycles. The highest BCUT2D eigenvalue weighted by molar-refractivity contribution is 7.10. The lowest BCUT2D eigenvalue weighted by Gasteiger charge is -2.20. The van der Waals surface area contributed by atoms with Gasteiger partial charge >= 0.3 is 0 Å². The monoisotopic (exact) mass is 275 g/mol. The van der Waals surface area contributed by atoms with Crippen molar-refractivity contribution in [3.63, 3.8) is 0 Å². The molecule has 0 fully saturated rings. The van der Waals surface area contributed by atoms with Crippen LogP contribution < -0.4 is 10.1 Å². The molecular weight excluding hydrogens is 254 g/mol. The zero-order chi connectivity index (χ0) is 13.7. The summed E-state index contributed by atoms with van der Waals surface area (Å²) in [6, 6.07) is 10.9. The molecule has 0 aliphatic carbocycles. The lowest BCUT2D eigenvalue weighted by atomic mass is 9.99. The fourth-order valence-corrected chi connectivity index (χ4v) is 3.02. The van der Waals surface area contributed by atoms with Gasteiger partial charge < -0.3 is 10.1 Å². The summed E-state index contributed by atoms with van der Waals surface area (Å²) in [5, 5.41) is 5.77. The number of nitrogens with one attached hydrogen (secondary N) is 1. The summed E-state index contributed by atoms with van der Waals surface area (Å²) in [5.74, 6) is 0.918. The molecule has 1 N–H and O–H groups in total. The summed E-state index contributed by atoms with van der Waals surface area (Å²) in [4.78, 5) is 1.36. The summed E-state index contributed by atoms with van der Waals surface area (Å²) >= 11 is 1.80. The Morgan fingerprint density at radius 1 is 1.32 bits per heavy atom. The van der Waals surface area contributed by atoms with Crippen molar-refractivity contribution in [1.82, 2.24) is 5.32 Å². The van der Waals surface area contributed by atoms with Crippen LogP contribution in [0, 0.1) is 6.92 Å². The first-order valence-corrected chi connectivity index (χ1v) is 7.55. The fourth-order valence-electron chi connectivity index (χ4n) is 2.21. The maximum atomic E-state index is 5.28. The number of ether oxygens (including phenoxy) is 1. The van der Waals surface area contributed by atoms with Crippen LogP contribution in [-0.4, -0.2) is 13.7 Å². The van der Waals surface area contributed by atoms with Crippen LogP contribution in [0.5, 0.6) is 5.75 Å². The zero-order valence-corrected chi connectivity index (χ0v) is 12.6. The number of rotatable bonds is 6. The van der Waals surface area contributed by atoms with E-state index in [4.69, 9.17) is 4.74 Å². The van der Waals surface area contributed by atoms with Crippen LogP contribution in [0.25, 0.3) is 0 Å². The lowest BCUT2D eigenvalue weighted by molar-refractivity contribution is 0.414. The van der Waals surface area contributed by atoms with Crippen molar-refractivity contribution in [2.45, 2.75) is 26.3 Å². The molecule has 1 atom stereocenters. The van der Waals surface area contributed by atoms with Crippen molar-refractivity contribution in [2.24, 2.45) is 0 Å². The van der Waals surface area contributed by atoms with Gasteiger partial charge in [-0.1, -0.05) is 19.1 Å². The summed E-state index contributed by atoms with van der Waals surface area (Å²) in [6.45, 7) is 5.36. The molecule has 0 bridgehead atoms. The maximum absolute atomic E-state index is 5.28. The van der Waals surface area contributed by atoms with Crippen LogP contribution in [0.3, 0.4) is 0 Å². The average molecular weight is 275 g/mol. The fraction of sp³-hybridized carbons (Fsp3) is 0.375. The third-order valence-corrected chi connectivity index (χ3v) is 4.15. The van der Waals surface area contributed by atoms with E-state index in [0.29, 0.717) is 0 Å². The van der Waals surface area contributed by atoms with Crippen molar-refractivity contribution in [1.29, 1.82) is 0 Å². The summed E-state index contributed by atoms with van der Waals surface area (Å²) < 4.78 is 5.28. The van der Waals surface area contributed by atoms with Crippen molar-refractivity contribution in [2.75, 3.05) is 13.7 Å². The molecule has 3 heteroatoms. The first kappa shape index (κ1) is 14.1. The Bertz CT molecular complexity index is 507. The van der Waals surface area contributed by atoms with Crippen LogP contribution >= 0.6 is 11.3 Å². The third-order valence-electron chi connectivity index (χ3n) is 3.21. The smallest absolute Gasteiger partial charge is 0.119 e. The number of hydrogen-bond acceptors (Lipinski definition) is 3. The van der Waals surface area contributed by atoms with E-state index in [2.05, 4.69) is 48.8 Å². The number of aryl methyl sites for hydroxylation is 1. The second-order valence-electron chi connectivity index (χ2n) is 4.63. The quantitative estimate of drug-likeness (QED) is 0.855. The largest absolute Gasteiger partial charge is 0.497 e. The molecule has 1 aromatic heterocycles. The molecule has 1 heterocycles. The molecule has 0 saturated heterocycles. The van der Waals surface area contributed by atoms with Crippen molar-refractivity contribution >= 4 is 11.3 Å². The van der Waals surface area contributed by atoms with E-state index in [1.54, 1.807) is 18.4 Å². The Kier molecular flexibility index (Phi) is 5.00. The molecule has 1 unspecified atom stereocenters. The van der Waals surface area contributed by atoms with Gasteiger partial charge in [0.05, 0.1) is 13.2 Å². The normalized spacial score (nSPS) is 12.4. The van der Waals surface area contributed by atoms with Crippen molar-refractivity contribution < 1.29 is 4.74 Å². The topological polar surface area (TPSA) is 21.3 Å². The van der Waals surface area contributed by atoms with Gasteiger partial charge in [0.15, 0.2) is 0 Å².